The highest BCUT2D eigenvalue weighted by Gasteiger charge is 2.30. The van der Waals surface area contributed by atoms with Crippen molar-refractivity contribution in [1.29, 1.82) is 0 Å². The molecule has 2 aliphatic heterocycles. The van der Waals surface area contributed by atoms with E-state index in [1.807, 2.05) is 55.1 Å². The van der Waals surface area contributed by atoms with E-state index < -0.39 is 15.9 Å². The molecule has 0 radical (unpaired) electrons. The molecular weight excluding hydrogens is 856 g/mol. The number of piperidine rings is 1. The lowest BCUT2D eigenvalue weighted by Gasteiger charge is -2.39. The number of benzene rings is 4. The molecule has 7 rings (SSSR count). The summed E-state index contributed by atoms with van der Waals surface area (Å²) < 4.78 is 29.5. The summed E-state index contributed by atoms with van der Waals surface area (Å²) in [5.74, 6) is 1.05. The van der Waals surface area contributed by atoms with Gasteiger partial charge in [0.25, 0.3) is 15.9 Å². The van der Waals surface area contributed by atoms with Crippen molar-refractivity contribution < 1.29 is 13.2 Å². The van der Waals surface area contributed by atoms with Crippen molar-refractivity contribution >= 4 is 56.2 Å². The summed E-state index contributed by atoms with van der Waals surface area (Å²) in [6.07, 6.45) is 8.13. The maximum Gasteiger partial charge on any atom is 0.264 e. The summed E-state index contributed by atoms with van der Waals surface area (Å²) in [6, 6.07) is 31.3. The van der Waals surface area contributed by atoms with Gasteiger partial charge in [-0.2, -0.15) is 0 Å². The van der Waals surface area contributed by atoms with Crippen molar-refractivity contribution in [3.8, 4) is 0 Å². The number of halogens is 1. The number of carbonyl (C=O) groups is 1. The molecule has 4 aromatic carbocycles. The number of allylic oxidation sites excluding steroid dienone is 1. The summed E-state index contributed by atoms with van der Waals surface area (Å²) in [4.78, 5) is 24.5. The number of amides is 1. The SMILES string of the molecule is Cc1cc(S(=O)(=O)NC(=O)c2ccc(N3CCN(CC4=C(c5ccc(Cl)cc5)CCC(C)(C)C4)CC3)cc2)ccc1N[C@H](CCN1CCC(CCN(C)C)CC1)CSc1ccccc1. The number of thioether (sulfide) groups is 1. The molecule has 3 aliphatic rings. The zero-order valence-electron chi connectivity index (χ0n) is 38.6. The van der Waals surface area contributed by atoms with Crippen molar-refractivity contribution in [3.63, 3.8) is 0 Å². The quantitative estimate of drug-likeness (QED) is 0.0948. The van der Waals surface area contributed by atoms with E-state index in [2.05, 4.69) is 94.0 Å². The molecule has 64 heavy (non-hydrogen) atoms. The summed E-state index contributed by atoms with van der Waals surface area (Å²) >= 11 is 8.06. The lowest BCUT2D eigenvalue weighted by molar-refractivity contribution is 0.0981. The fourth-order valence-electron chi connectivity index (χ4n) is 9.44. The van der Waals surface area contributed by atoms with Crippen LogP contribution in [0.1, 0.15) is 80.3 Å². The van der Waals surface area contributed by atoms with Crippen LogP contribution in [0.5, 0.6) is 0 Å². The van der Waals surface area contributed by atoms with Gasteiger partial charge in [-0.15, -0.1) is 11.8 Å². The first kappa shape index (κ1) is 48.1. The summed E-state index contributed by atoms with van der Waals surface area (Å²) in [5.41, 5.74) is 7.63. The van der Waals surface area contributed by atoms with Crippen molar-refractivity contribution in [2.45, 2.75) is 81.5 Å². The normalized spacial score (nSPS) is 18.3. The Kier molecular flexibility index (Phi) is 16.6. The second-order valence-corrected chi connectivity index (χ2v) is 22.5. The molecule has 2 fully saturated rings. The van der Waals surface area contributed by atoms with Gasteiger partial charge in [0.2, 0.25) is 0 Å². The number of rotatable bonds is 18. The molecule has 0 unspecified atom stereocenters. The van der Waals surface area contributed by atoms with Gasteiger partial charge in [0, 0.05) is 77.9 Å². The molecule has 9 nitrogen and oxygen atoms in total. The van der Waals surface area contributed by atoms with E-state index in [9.17, 15) is 13.2 Å². The first-order valence-electron chi connectivity index (χ1n) is 23.2. The molecule has 0 bridgehead atoms. The number of piperazine rings is 1. The van der Waals surface area contributed by atoms with E-state index in [4.69, 9.17) is 11.6 Å². The Morgan fingerprint density at radius 2 is 1.59 bits per heavy atom. The number of sulfonamides is 1. The Morgan fingerprint density at radius 1 is 0.891 bits per heavy atom. The third kappa shape index (κ3) is 13.6. The molecule has 12 heteroatoms. The Labute approximate surface area is 393 Å². The fraction of sp³-hybridized carbons (Fsp3) is 0.481. The number of hydrogen-bond acceptors (Lipinski definition) is 9. The van der Waals surface area contributed by atoms with Crippen LogP contribution < -0.4 is 14.9 Å². The Hall–Kier alpha value is -3.84. The van der Waals surface area contributed by atoms with Gasteiger partial charge >= 0.3 is 0 Å². The Bertz CT molecular complexity index is 2290. The highest BCUT2D eigenvalue weighted by atomic mass is 35.5. The maximum absolute atomic E-state index is 13.6. The highest BCUT2D eigenvalue weighted by molar-refractivity contribution is 7.99. The van der Waals surface area contributed by atoms with Gasteiger partial charge in [0.15, 0.2) is 0 Å². The third-order valence-electron chi connectivity index (χ3n) is 13.4. The third-order valence-corrected chi connectivity index (χ3v) is 16.2. The molecule has 1 atom stereocenters. The molecule has 0 saturated carbocycles. The molecule has 1 amide bonds. The number of carbonyl (C=O) groups excluding carboxylic acids is 1. The van der Waals surface area contributed by atoms with Crippen molar-refractivity contribution in [2.75, 3.05) is 89.0 Å². The van der Waals surface area contributed by atoms with Crippen LogP contribution in [0.2, 0.25) is 5.02 Å². The number of anilines is 2. The lowest BCUT2D eigenvalue weighted by Crippen LogP contribution is -2.47. The van der Waals surface area contributed by atoms with Crippen LogP contribution in [0.4, 0.5) is 11.4 Å². The average Bonchev–Trinajstić information content (AvgIpc) is 3.28. The predicted molar refractivity (Wildman–Crippen MR) is 268 cm³/mol. The summed E-state index contributed by atoms with van der Waals surface area (Å²) in [5, 5.41) is 4.53. The minimum absolute atomic E-state index is 0.0681. The molecule has 0 spiro atoms. The van der Waals surface area contributed by atoms with Gasteiger partial charge in [-0.1, -0.05) is 61.4 Å². The molecule has 1 aliphatic carbocycles. The number of nitrogens with zero attached hydrogens (tertiary/aromatic N) is 4. The van der Waals surface area contributed by atoms with Crippen LogP contribution in [0.15, 0.2) is 112 Å². The molecule has 4 aromatic rings. The van der Waals surface area contributed by atoms with E-state index in [0.717, 1.165) is 112 Å². The predicted octanol–water partition coefficient (Wildman–Crippen LogP) is 10.2. The number of aryl methyl sites for hydroxylation is 1. The van der Waals surface area contributed by atoms with Crippen LogP contribution in [0.3, 0.4) is 0 Å². The lowest BCUT2D eigenvalue weighted by atomic mass is 9.73. The molecular formula is C52H69ClN6O3S2. The monoisotopic (exact) mass is 924 g/mol. The van der Waals surface area contributed by atoms with Crippen molar-refractivity contribution in [2.24, 2.45) is 11.3 Å². The standard InChI is InChI=1S/C52H69ClN6O3S2/c1-39-35-48(19-20-50(39)54-45(38-63-47-9-7-6-8-10-47)25-30-57-28-23-40(24-29-57)22-27-56(4)5)64(61,62)55-51(60)42-13-17-46(18-14-42)59-33-31-58(32-34-59)37-43-36-52(2,3)26-21-49(43)41-11-15-44(53)16-12-41/h6-20,35,40,45,54H,21-34,36-38H2,1-5H3,(H,55,60)/t45-/m1/s1. The van der Waals surface area contributed by atoms with Crippen molar-refractivity contribution in [3.05, 3.63) is 124 Å². The van der Waals surface area contributed by atoms with E-state index in [-0.39, 0.29) is 16.4 Å². The second-order valence-electron chi connectivity index (χ2n) is 19.3. The largest absolute Gasteiger partial charge is 0.381 e. The van der Waals surface area contributed by atoms with Gasteiger partial charge in [-0.05, 0) is 180 Å². The van der Waals surface area contributed by atoms with Gasteiger partial charge in [-0.3, -0.25) is 9.69 Å². The minimum atomic E-state index is -4.11. The Morgan fingerprint density at radius 3 is 2.27 bits per heavy atom. The second kappa shape index (κ2) is 22.1. The van der Waals surface area contributed by atoms with E-state index >= 15 is 0 Å². The molecule has 2 N–H and O–H groups in total. The van der Waals surface area contributed by atoms with E-state index in [1.165, 1.54) is 47.3 Å². The number of nitrogens with one attached hydrogen (secondary N) is 2. The van der Waals surface area contributed by atoms with Gasteiger partial charge < -0.3 is 20.0 Å². The fourth-order valence-corrected chi connectivity index (χ4v) is 11.6. The summed E-state index contributed by atoms with van der Waals surface area (Å²) in [7, 11) is 0.199. The van der Waals surface area contributed by atoms with Crippen molar-refractivity contribution in [1.82, 2.24) is 19.4 Å². The van der Waals surface area contributed by atoms with Crippen LogP contribution in [0, 0.1) is 18.3 Å². The van der Waals surface area contributed by atoms with Gasteiger partial charge in [0.05, 0.1) is 4.90 Å². The topological polar surface area (TPSA) is 88.2 Å². The molecule has 2 saturated heterocycles. The van der Waals surface area contributed by atoms with E-state index in [1.54, 1.807) is 24.3 Å². The average molecular weight is 926 g/mol. The van der Waals surface area contributed by atoms with E-state index in [0.29, 0.717) is 5.56 Å². The summed E-state index contributed by atoms with van der Waals surface area (Å²) in [6.45, 7) is 15.7. The van der Waals surface area contributed by atoms with Crippen LogP contribution in [-0.4, -0.2) is 114 Å². The minimum Gasteiger partial charge on any atom is -0.381 e. The smallest absolute Gasteiger partial charge is 0.264 e. The zero-order valence-corrected chi connectivity index (χ0v) is 41.0. The molecule has 0 aromatic heterocycles. The number of hydrogen-bond donors (Lipinski definition) is 2. The van der Waals surface area contributed by atoms with Crippen LogP contribution >= 0.6 is 23.4 Å². The molecule has 344 valence electrons. The highest BCUT2D eigenvalue weighted by Crippen LogP contribution is 2.43. The van der Waals surface area contributed by atoms with Gasteiger partial charge in [-0.25, -0.2) is 13.1 Å². The van der Waals surface area contributed by atoms with Crippen LogP contribution in [-0.2, 0) is 10.0 Å². The van der Waals surface area contributed by atoms with Gasteiger partial charge in [0.1, 0.15) is 0 Å². The first-order chi connectivity index (χ1) is 30.7. The molecule has 2 heterocycles. The number of likely N-dealkylation sites (tertiary alicyclic amines) is 1. The first-order valence-corrected chi connectivity index (χ1v) is 26.1. The van der Waals surface area contributed by atoms with Crippen LogP contribution in [0.25, 0.3) is 5.57 Å². The zero-order chi connectivity index (χ0) is 45.3. The Balaban J connectivity index is 0.920. The maximum atomic E-state index is 13.6.